The number of carbonyl (C=O) groups is 3. The van der Waals surface area contributed by atoms with Crippen molar-refractivity contribution >= 4 is 28.6 Å². The molecule has 3 aromatic rings. The summed E-state index contributed by atoms with van der Waals surface area (Å²) in [5.74, 6) is -1.21. The maximum atomic E-state index is 12.2. The molecule has 29 heavy (non-hydrogen) atoms. The summed E-state index contributed by atoms with van der Waals surface area (Å²) in [4.78, 5) is 35.5. The van der Waals surface area contributed by atoms with Gasteiger partial charge in [-0.1, -0.05) is 54.6 Å². The van der Waals surface area contributed by atoms with Gasteiger partial charge >= 0.3 is 11.9 Å². The highest BCUT2D eigenvalue weighted by Gasteiger charge is 2.10. The molecule has 3 aromatic carbocycles. The molecule has 0 aliphatic carbocycles. The Morgan fingerprint density at radius 2 is 1.62 bits per heavy atom. The van der Waals surface area contributed by atoms with E-state index in [1.54, 1.807) is 24.3 Å². The molecule has 0 atom stereocenters. The molecular weight excluding hydrogens is 370 g/mol. The van der Waals surface area contributed by atoms with Crippen LogP contribution in [0.1, 0.15) is 21.5 Å². The minimum absolute atomic E-state index is 0.0550. The number of hydrogen-bond donors (Lipinski definition) is 1. The summed E-state index contributed by atoms with van der Waals surface area (Å²) < 4.78 is 9.79. The van der Waals surface area contributed by atoms with Crippen LogP contribution in [0.3, 0.4) is 0 Å². The summed E-state index contributed by atoms with van der Waals surface area (Å²) in [6.45, 7) is -0.149. The molecule has 3 rings (SSSR count). The van der Waals surface area contributed by atoms with E-state index in [0.717, 1.165) is 21.9 Å². The molecule has 0 heterocycles. The molecule has 0 aliphatic rings. The van der Waals surface area contributed by atoms with Crippen molar-refractivity contribution in [3.8, 4) is 0 Å². The number of fused-ring (bicyclic) bond motifs is 1. The molecule has 0 aliphatic heterocycles. The third-order valence-electron chi connectivity index (χ3n) is 4.44. The SMILES string of the molecule is COC(=O)c1ccc(COC(=O)CNC(=O)Cc2cccc3ccccc23)cc1. The Kier molecular flexibility index (Phi) is 6.58. The highest BCUT2D eigenvalue weighted by Crippen LogP contribution is 2.18. The van der Waals surface area contributed by atoms with Crippen molar-refractivity contribution in [3.63, 3.8) is 0 Å². The van der Waals surface area contributed by atoms with Gasteiger partial charge in [0.05, 0.1) is 19.1 Å². The molecule has 0 aromatic heterocycles. The third-order valence-corrected chi connectivity index (χ3v) is 4.44. The van der Waals surface area contributed by atoms with Crippen LogP contribution in [0, 0.1) is 0 Å². The number of esters is 2. The number of carbonyl (C=O) groups excluding carboxylic acids is 3. The van der Waals surface area contributed by atoms with E-state index in [0.29, 0.717) is 5.56 Å². The van der Waals surface area contributed by atoms with E-state index in [1.165, 1.54) is 7.11 Å². The van der Waals surface area contributed by atoms with Crippen molar-refractivity contribution in [3.05, 3.63) is 83.4 Å². The molecule has 1 amide bonds. The van der Waals surface area contributed by atoms with E-state index in [4.69, 9.17) is 4.74 Å². The van der Waals surface area contributed by atoms with Crippen LogP contribution in [0.15, 0.2) is 66.7 Å². The Labute approximate surface area is 168 Å². The van der Waals surface area contributed by atoms with E-state index >= 15 is 0 Å². The normalized spacial score (nSPS) is 10.4. The quantitative estimate of drug-likeness (QED) is 0.626. The molecule has 1 N–H and O–H groups in total. The Bertz CT molecular complexity index is 1020. The van der Waals surface area contributed by atoms with Gasteiger partial charge in [0.2, 0.25) is 5.91 Å². The Morgan fingerprint density at radius 3 is 2.38 bits per heavy atom. The lowest BCUT2D eigenvalue weighted by Gasteiger charge is -2.09. The molecule has 6 heteroatoms. The molecule has 0 spiro atoms. The van der Waals surface area contributed by atoms with Crippen LogP contribution in [-0.4, -0.2) is 31.5 Å². The van der Waals surface area contributed by atoms with Crippen molar-refractivity contribution in [1.82, 2.24) is 5.32 Å². The fraction of sp³-hybridized carbons (Fsp3) is 0.174. The lowest BCUT2D eigenvalue weighted by Crippen LogP contribution is -2.31. The van der Waals surface area contributed by atoms with Gasteiger partial charge in [-0.05, 0) is 34.0 Å². The van der Waals surface area contributed by atoms with E-state index in [-0.39, 0.29) is 25.5 Å². The summed E-state index contributed by atoms with van der Waals surface area (Å²) in [5.41, 5.74) is 2.05. The van der Waals surface area contributed by atoms with Crippen molar-refractivity contribution < 1.29 is 23.9 Å². The van der Waals surface area contributed by atoms with Crippen LogP contribution < -0.4 is 5.32 Å². The van der Waals surface area contributed by atoms with E-state index in [1.807, 2.05) is 42.5 Å². The van der Waals surface area contributed by atoms with Crippen LogP contribution in [0.5, 0.6) is 0 Å². The van der Waals surface area contributed by atoms with Crippen LogP contribution in [0.25, 0.3) is 10.8 Å². The average Bonchev–Trinajstić information content (AvgIpc) is 2.76. The molecule has 0 bridgehead atoms. The molecule has 0 saturated carbocycles. The molecule has 0 unspecified atom stereocenters. The molecule has 6 nitrogen and oxygen atoms in total. The Hall–Kier alpha value is -3.67. The fourth-order valence-electron chi connectivity index (χ4n) is 2.92. The number of nitrogens with one attached hydrogen (secondary N) is 1. The lowest BCUT2D eigenvalue weighted by molar-refractivity contribution is -0.145. The zero-order valence-corrected chi connectivity index (χ0v) is 16.0. The van der Waals surface area contributed by atoms with E-state index in [2.05, 4.69) is 10.1 Å². The first-order valence-electron chi connectivity index (χ1n) is 9.13. The summed E-state index contributed by atoms with van der Waals surface area (Å²) in [7, 11) is 1.31. The molecule has 0 saturated heterocycles. The van der Waals surface area contributed by atoms with Crippen molar-refractivity contribution in [2.75, 3.05) is 13.7 Å². The average molecular weight is 391 g/mol. The molecule has 0 radical (unpaired) electrons. The Balaban J connectivity index is 1.46. The second-order valence-electron chi connectivity index (χ2n) is 6.44. The highest BCUT2D eigenvalue weighted by molar-refractivity contribution is 5.91. The minimum atomic E-state index is -0.534. The van der Waals surface area contributed by atoms with Crippen LogP contribution in [0.4, 0.5) is 0 Å². The summed E-state index contributed by atoms with van der Waals surface area (Å²) >= 11 is 0. The topological polar surface area (TPSA) is 81.7 Å². The second-order valence-corrected chi connectivity index (χ2v) is 6.44. The second kappa shape index (κ2) is 9.50. The number of methoxy groups -OCH3 is 1. The molecular formula is C23H21NO5. The van der Waals surface area contributed by atoms with Gasteiger partial charge < -0.3 is 14.8 Å². The standard InChI is InChI=1S/C23H21NO5/c1-28-23(27)18-11-9-16(10-12-18)15-29-22(26)14-24-21(25)13-19-7-4-6-17-5-2-3-8-20(17)19/h2-12H,13-15H2,1H3,(H,24,25). The van der Waals surface area contributed by atoms with E-state index < -0.39 is 11.9 Å². The van der Waals surface area contributed by atoms with Gasteiger partial charge in [0.25, 0.3) is 0 Å². The highest BCUT2D eigenvalue weighted by atomic mass is 16.5. The zero-order chi connectivity index (χ0) is 20.6. The number of benzene rings is 3. The maximum Gasteiger partial charge on any atom is 0.337 e. The zero-order valence-electron chi connectivity index (χ0n) is 16.0. The van der Waals surface area contributed by atoms with Gasteiger partial charge in [-0.15, -0.1) is 0 Å². The van der Waals surface area contributed by atoms with Crippen LogP contribution in [0.2, 0.25) is 0 Å². The first-order chi connectivity index (χ1) is 14.1. The minimum Gasteiger partial charge on any atom is -0.465 e. The van der Waals surface area contributed by atoms with Gasteiger partial charge in [0.1, 0.15) is 13.2 Å². The van der Waals surface area contributed by atoms with Gasteiger partial charge in [-0.3, -0.25) is 9.59 Å². The van der Waals surface area contributed by atoms with Crippen LogP contribution in [-0.2, 0) is 32.1 Å². The fourth-order valence-corrected chi connectivity index (χ4v) is 2.92. The Morgan fingerprint density at radius 1 is 0.897 bits per heavy atom. The lowest BCUT2D eigenvalue weighted by atomic mass is 10.0. The predicted molar refractivity (Wildman–Crippen MR) is 108 cm³/mol. The van der Waals surface area contributed by atoms with Gasteiger partial charge in [0.15, 0.2) is 0 Å². The van der Waals surface area contributed by atoms with Gasteiger partial charge in [-0.25, -0.2) is 4.79 Å². The smallest absolute Gasteiger partial charge is 0.337 e. The first kappa shape index (κ1) is 20.1. The maximum absolute atomic E-state index is 12.2. The van der Waals surface area contributed by atoms with Crippen molar-refractivity contribution in [1.29, 1.82) is 0 Å². The van der Waals surface area contributed by atoms with Crippen molar-refractivity contribution in [2.45, 2.75) is 13.0 Å². The summed E-state index contributed by atoms with van der Waals surface area (Å²) in [6, 6.07) is 20.2. The van der Waals surface area contributed by atoms with Gasteiger partial charge in [0, 0.05) is 0 Å². The third kappa shape index (κ3) is 5.42. The largest absolute Gasteiger partial charge is 0.465 e. The number of amides is 1. The van der Waals surface area contributed by atoms with E-state index in [9.17, 15) is 14.4 Å². The van der Waals surface area contributed by atoms with Crippen LogP contribution >= 0.6 is 0 Å². The number of ether oxygens (including phenoxy) is 2. The van der Waals surface area contributed by atoms with Crippen molar-refractivity contribution in [2.24, 2.45) is 0 Å². The van der Waals surface area contributed by atoms with Gasteiger partial charge in [-0.2, -0.15) is 0 Å². The molecule has 148 valence electrons. The first-order valence-corrected chi connectivity index (χ1v) is 9.13. The number of rotatable bonds is 7. The summed E-state index contributed by atoms with van der Waals surface area (Å²) in [6.07, 6.45) is 0.184. The summed E-state index contributed by atoms with van der Waals surface area (Å²) in [5, 5.41) is 4.67. The molecule has 0 fully saturated rings. The monoisotopic (exact) mass is 391 g/mol. The predicted octanol–water partition coefficient (Wildman–Crippen LogP) is 3.03. The number of hydrogen-bond acceptors (Lipinski definition) is 5.